The normalized spacial score (nSPS) is 19.9. The van der Waals surface area contributed by atoms with Gasteiger partial charge in [-0.05, 0) is 79.4 Å². The van der Waals surface area contributed by atoms with E-state index in [-0.39, 0.29) is 95.2 Å². The van der Waals surface area contributed by atoms with Gasteiger partial charge in [-0.3, -0.25) is 14.8 Å². The summed E-state index contributed by atoms with van der Waals surface area (Å²) >= 11 is 0. The Morgan fingerprint density at radius 2 is 1.65 bits per heavy atom. The van der Waals surface area contributed by atoms with Crippen molar-refractivity contribution in [3.63, 3.8) is 0 Å². The lowest BCUT2D eigenvalue weighted by molar-refractivity contribution is -0.0261. The number of hydrogen-bond donors (Lipinski definition) is 0. The first-order valence-electron chi connectivity index (χ1n) is 27.7. The Kier molecular flexibility index (Phi) is 15.6. The van der Waals surface area contributed by atoms with Crippen molar-refractivity contribution >= 4 is 41.7 Å². The Hall–Kier alpha value is -5.44. The second kappa shape index (κ2) is 22.8. The fourth-order valence-corrected chi connectivity index (χ4v) is 17.2. The third kappa shape index (κ3) is 11.5. The van der Waals surface area contributed by atoms with E-state index in [1.54, 1.807) is 43.9 Å². The average Bonchev–Trinajstić information content (AvgIpc) is 3.66. The summed E-state index contributed by atoms with van der Waals surface area (Å²) in [5.41, 5.74) is 3.96. The number of nitrogens with zero attached hydrogens (tertiary/aromatic N) is 7. The summed E-state index contributed by atoms with van der Waals surface area (Å²) < 4.78 is 87.9. The van der Waals surface area contributed by atoms with Crippen molar-refractivity contribution in [2.24, 2.45) is 5.92 Å². The molecule has 5 heterocycles. The van der Waals surface area contributed by atoms with Crippen LogP contribution in [-0.4, -0.2) is 141 Å². The van der Waals surface area contributed by atoms with E-state index in [4.69, 9.17) is 42.7 Å². The zero-order valence-corrected chi connectivity index (χ0v) is 46.2. The minimum atomic E-state index is -2.75. The summed E-state index contributed by atoms with van der Waals surface area (Å²) in [6, 6.07) is 16.4. The van der Waals surface area contributed by atoms with Crippen molar-refractivity contribution in [2.75, 3.05) is 84.9 Å². The van der Waals surface area contributed by atoms with Crippen molar-refractivity contribution in [1.29, 1.82) is 0 Å². The molecule has 0 N–H and O–H groups in total. The van der Waals surface area contributed by atoms with Gasteiger partial charge in [-0.15, -0.1) is 5.54 Å². The zero-order valence-electron chi connectivity index (χ0n) is 48.2. The van der Waals surface area contributed by atoms with Gasteiger partial charge >= 0.3 is 12.1 Å². The van der Waals surface area contributed by atoms with Crippen molar-refractivity contribution in [3.05, 3.63) is 83.6 Å². The molecule has 8 rings (SSSR count). The number of piperazine rings is 2. The number of carbonyl (C=O) groups excluding carboxylic acids is 1. The summed E-state index contributed by atoms with van der Waals surface area (Å²) in [5.74, 6) is 2.65. The molecule has 3 aliphatic rings. The summed E-state index contributed by atoms with van der Waals surface area (Å²) in [6.45, 7) is 26.1. The SMILES string of the molecule is [2H]C([2H])([2H])OCC12CCC(CN(c3nc(OC[C@H](C)CN4CCN(Cc5ccccc5)CC4)nc4c(F)c(-c5cc(OCOC)cc6ccc(F)c(C#C[Si](C(C)C)(C(C)C)C(C)C)c56)ncc34)C1)N2C(=O)OC(C)(C)C. The fraction of sp³-hybridized carbons (Fsp3) is 0.552. The van der Waals surface area contributed by atoms with Crippen LogP contribution in [0.3, 0.4) is 0 Å². The number of hydrogen-bond acceptors (Lipinski definition) is 12. The largest absolute Gasteiger partial charge is 0.468 e. The van der Waals surface area contributed by atoms with Gasteiger partial charge in [0, 0.05) is 89.6 Å². The predicted molar refractivity (Wildman–Crippen MR) is 291 cm³/mol. The lowest BCUT2D eigenvalue weighted by atomic mass is 9.95. The van der Waals surface area contributed by atoms with Crippen LogP contribution in [0.15, 0.2) is 60.8 Å². The van der Waals surface area contributed by atoms with E-state index in [0.29, 0.717) is 29.4 Å². The van der Waals surface area contributed by atoms with E-state index in [2.05, 4.69) is 94.0 Å². The molecule has 1 amide bonds. The number of pyridine rings is 1. The molecule has 5 aromatic rings. The van der Waals surface area contributed by atoms with Crippen molar-refractivity contribution < 1.29 is 41.4 Å². The molecule has 0 radical (unpaired) electrons. The van der Waals surface area contributed by atoms with Crippen molar-refractivity contribution in [3.8, 4) is 34.5 Å². The van der Waals surface area contributed by atoms with E-state index in [1.165, 1.54) is 24.9 Å². The highest BCUT2D eigenvalue weighted by Crippen LogP contribution is 2.45. The Labute approximate surface area is 442 Å². The number of aromatic nitrogens is 3. The topological polar surface area (TPSA) is 115 Å². The number of rotatable bonds is 17. The van der Waals surface area contributed by atoms with E-state index in [1.807, 2.05) is 11.0 Å². The predicted octanol–water partition coefficient (Wildman–Crippen LogP) is 11.1. The quantitative estimate of drug-likeness (QED) is 0.0502. The number of halogens is 2. The smallest absolute Gasteiger partial charge is 0.411 e. The number of anilines is 1. The van der Waals surface area contributed by atoms with Gasteiger partial charge in [-0.1, -0.05) is 90.8 Å². The summed E-state index contributed by atoms with van der Waals surface area (Å²) in [4.78, 5) is 37.1. The molecule has 3 aliphatic heterocycles. The molecule has 2 unspecified atom stereocenters. The van der Waals surface area contributed by atoms with Gasteiger partial charge in [0.25, 0.3) is 0 Å². The van der Waals surface area contributed by atoms with Crippen LogP contribution < -0.4 is 14.4 Å². The van der Waals surface area contributed by atoms with E-state index in [9.17, 15) is 4.79 Å². The Morgan fingerprint density at radius 1 is 0.932 bits per heavy atom. The molecule has 3 saturated heterocycles. The van der Waals surface area contributed by atoms with Gasteiger partial charge in [-0.25, -0.2) is 13.6 Å². The number of fused-ring (bicyclic) bond motifs is 4. The molecule has 0 spiro atoms. The Morgan fingerprint density at radius 3 is 2.32 bits per heavy atom. The first kappa shape index (κ1) is 50.7. The molecule has 0 saturated carbocycles. The number of amides is 1. The molecule has 398 valence electrons. The van der Waals surface area contributed by atoms with Gasteiger partial charge in [0.1, 0.15) is 42.3 Å². The second-order valence-corrected chi connectivity index (χ2v) is 28.2. The van der Waals surface area contributed by atoms with Crippen LogP contribution in [0.1, 0.15) is 97.3 Å². The molecule has 2 aromatic heterocycles. The Balaban J connectivity index is 1.22. The van der Waals surface area contributed by atoms with Gasteiger partial charge in [-0.2, -0.15) is 9.97 Å². The molecule has 2 bridgehead atoms. The minimum Gasteiger partial charge on any atom is -0.468 e. The van der Waals surface area contributed by atoms with Gasteiger partial charge in [0.05, 0.1) is 39.9 Å². The summed E-state index contributed by atoms with van der Waals surface area (Å²) in [7, 11) is -3.63. The first-order chi connectivity index (χ1) is 36.4. The van der Waals surface area contributed by atoms with Crippen molar-refractivity contribution in [1.82, 2.24) is 29.7 Å². The maximum absolute atomic E-state index is 18.2. The fourth-order valence-electron chi connectivity index (χ4n) is 11.9. The van der Waals surface area contributed by atoms with Crippen LogP contribution in [0, 0.1) is 29.0 Å². The number of methoxy groups -OCH3 is 2. The molecule has 3 aromatic carbocycles. The van der Waals surface area contributed by atoms with Crippen LogP contribution in [0.5, 0.6) is 11.8 Å². The minimum absolute atomic E-state index is 0.0318. The molecule has 3 atom stereocenters. The molecule has 3 fully saturated rings. The lowest BCUT2D eigenvalue weighted by Crippen LogP contribution is -2.66. The van der Waals surface area contributed by atoms with Gasteiger partial charge < -0.3 is 33.5 Å². The average molecular weight is 1040 g/mol. The van der Waals surface area contributed by atoms with Gasteiger partial charge in [0.15, 0.2) is 12.6 Å². The zero-order chi connectivity index (χ0) is 55.6. The molecule has 74 heavy (non-hydrogen) atoms. The monoisotopic (exact) mass is 1040 g/mol. The first-order valence-corrected chi connectivity index (χ1v) is 28.5. The van der Waals surface area contributed by atoms with Crippen LogP contribution in [-0.2, 0) is 20.8 Å². The number of ether oxygens (including phenoxy) is 5. The van der Waals surface area contributed by atoms with E-state index < -0.39 is 50.0 Å². The maximum atomic E-state index is 18.2. The highest BCUT2D eigenvalue weighted by atomic mass is 28.3. The van der Waals surface area contributed by atoms with E-state index >= 15 is 8.78 Å². The second-order valence-electron chi connectivity index (χ2n) is 22.6. The number of benzene rings is 3. The van der Waals surface area contributed by atoms with Crippen LogP contribution >= 0.6 is 0 Å². The molecule has 0 aliphatic carbocycles. The Bertz CT molecular complexity index is 2940. The van der Waals surface area contributed by atoms with Crippen LogP contribution in [0.2, 0.25) is 16.6 Å². The van der Waals surface area contributed by atoms with Crippen LogP contribution in [0.25, 0.3) is 32.9 Å². The van der Waals surface area contributed by atoms with Gasteiger partial charge in [0.2, 0.25) is 0 Å². The highest BCUT2D eigenvalue weighted by molar-refractivity contribution is 6.90. The van der Waals surface area contributed by atoms with Crippen LogP contribution in [0.4, 0.5) is 19.4 Å². The maximum Gasteiger partial charge on any atom is 0.411 e. The third-order valence-electron chi connectivity index (χ3n) is 15.3. The molecular formula is C58H77F2N7O6Si. The number of carbonyl (C=O) groups is 1. The van der Waals surface area contributed by atoms with Crippen molar-refractivity contribution in [2.45, 2.75) is 122 Å². The summed E-state index contributed by atoms with van der Waals surface area (Å²) in [5, 5.41) is 1.19. The standard InChI is InChI=1S/C58H77F2N7O6Si/c1-38(2)74(39(3)4,40(5)6)27-21-46-49(59)19-18-43-28-45(72-37-70-12)29-47(50(43)46)52-51(60)53-48(30-61-52)54(66-33-44-20-22-58(35-66,36-69-11)67(44)56(68)73-57(8,9)10)63-55(62-53)71-34-41(7)31-64-23-25-65(26-24-64)32-42-16-14-13-15-17-42/h13-19,28-30,38-41,44H,20,22-26,31-37H2,1-12H3/t41-,44?,58?/m1/s1/i11D3. The molecule has 13 nitrogen and oxygen atoms in total. The highest BCUT2D eigenvalue weighted by Gasteiger charge is 2.55. The molecule has 16 heteroatoms. The lowest BCUT2D eigenvalue weighted by Gasteiger charge is -2.49. The summed E-state index contributed by atoms with van der Waals surface area (Å²) in [6.07, 6.45) is 1.86. The molecular weight excluding hydrogens is 957 g/mol. The van der Waals surface area contributed by atoms with E-state index in [0.717, 1.165) is 39.3 Å². The third-order valence-corrected chi connectivity index (χ3v) is 21.6.